The molecule has 0 bridgehead atoms. The molecule has 4 nitrogen and oxygen atoms in total. The summed E-state index contributed by atoms with van der Waals surface area (Å²) < 4.78 is 0. The SMILES string of the molecule is CC1=CC(=O)C[C@@H]2[C@@](C)(CC/C(C=O)=C\C(=O)O)[C@H](C)CC[C@@]12C. The molecule has 1 N–H and O–H groups in total. The van der Waals surface area contributed by atoms with Crippen LogP contribution >= 0.6 is 0 Å². The van der Waals surface area contributed by atoms with Crippen LogP contribution in [0.4, 0.5) is 0 Å². The van der Waals surface area contributed by atoms with E-state index in [2.05, 4.69) is 27.7 Å². The summed E-state index contributed by atoms with van der Waals surface area (Å²) in [6.07, 6.45) is 7.33. The summed E-state index contributed by atoms with van der Waals surface area (Å²) in [5.41, 5.74) is 1.42. The van der Waals surface area contributed by atoms with Gasteiger partial charge in [-0.2, -0.15) is 0 Å². The van der Waals surface area contributed by atoms with Crippen LogP contribution in [0.25, 0.3) is 0 Å². The number of aliphatic carboxylic acids is 1. The maximum absolute atomic E-state index is 12.2. The lowest BCUT2D eigenvalue weighted by Crippen LogP contribution is -2.51. The van der Waals surface area contributed by atoms with E-state index in [4.69, 9.17) is 5.11 Å². The van der Waals surface area contributed by atoms with Gasteiger partial charge in [-0.05, 0) is 66.9 Å². The molecule has 24 heavy (non-hydrogen) atoms. The molecule has 132 valence electrons. The van der Waals surface area contributed by atoms with E-state index in [1.165, 1.54) is 5.57 Å². The first-order chi connectivity index (χ1) is 11.1. The Morgan fingerprint density at radius 1 is 1.42 bits per heavy atom. The molecule has 0 saturated heterocycles. The largest absolute Gasteiger partial charge is 0.478 e. The minimum absolute atomic E-state index is 0.0209. The second kappa shape index (κ2) is 6.66. The molecular formula is C20H28O4. The molecule has 4 atom stereocenters. The van der Waals surface area contributed by atoms with Crippen molar-refractivity contribution in [2.24, 2.45) is 22.7 Å². The van der Waals surface area contributed by atoms with Gasteiger partial charge in [-0.3, -0.25) is 9.59 Å². The van der Waals surface area contributed by atoms with Crippen LogP contribution in [0, 0.1) is 22.7 Å². The molecule has 1 fully saturated rings. The van der Waals surface area contributed by atoms with Crippen molar-refractivity contribution in [1.29, 1.82) is 0 Å². The summed E-state index contributed by atoms with van der Waals surface area (Å²) in [6.45, 7) is 8.75. The Labute approximate surface area is 144 Å². The number of hydrogen-bond donors (Lipinski definition) is 1. The Balaban J connectivity index is 2.31. The Bertz CT molecular complexity index is 615. The number of carboxylic acid groups (broad SMARTS) is 1. The number of hydrogen-bond acceptors (Lipinski definition) is 3. The van der Waals surface area contributed by atoms with Crippen LogP contribution in [-0.4, -0.2) is 23.1 Å². The molecule has 0 aromatic carbocycles. The normalized spacial score (nSPS) is 36.8. The fraction of sp³-hybridized carbons (Fsp3) is 0.650. The predicted octanol–water partition coefficient (Wildman–Crippen LogP) is 3.95. The molecule has 0 radical (unpaired) electrons. The number of allylic oxidation sites excluding steroid dienone is 3. The van der Waals surface area contributed by atoms with Crippen LogP contribution in [0.1, 0.15) is 59.8 Å². The number of carbonyl (C=O) groups is 3. The fourth-order valence-corrected chi connectivity index (χ4v) is 4.85. The summed E-state index contributed by atoms with van der Waals surface area (Å²) in [5.74, 6) is -0.224. The first-order valence-corrected chi connectivity index (χ1v) is 8.74. The zero-order valence-electron chi connectivity index (χ0n) is 15.1. The molecule has 2 aliphatic rings. The van der Waals surface area contributed by atoms with Crippen LogP contribution in [0.3, 0.4) is 0 Å². The lowest BCUT2D eigenvalue weighted by molar-refractivity contribution is -0.131. The van der Waals surface area contributed by atoms with E-state index in [1.54, 1.807) is 6.08 Å². The van der Waals surface area contributed by atoms with Gasteiger partial charge in [-0.1, -0.05) is 26.3 Å². The van der Waals surface area contributed by atoms with Crippen LogP contribution in [0.15, 0.2) is 23.3 Å². The van der Waals surface area contributed by atoms with Gasteiger partial charge in [0.1, 0.15) is 6.29 Å². The fourth-order valence-electron chi connectivity index (χ4n) is 4.85. The van der Waals surface area contributed by atoms with Crippen molar-refractivity contribution in [2.75, 3.05) is 0 Å². The molecule has 0 unspecified atom stereocenters. The molecular weight excluding hydrogens is 304 g/mol. The Morgan fingerprint density at radius 2 is 2.08 bits per heavy atom. The summed E-state index contributed by atoms with van der Waals surface area (Å²) >= 11 is 0. The molecule has 0 aromatic rings. The van der Waals surface area contributed by atoms with E-state index in [9.17, 15) is 14.4 Å². The van der Waals surface area contributed by atoms with Crippen molar-refractivity contribution in [3.63, 3.8) is 0 Å². The van der Waals surface area contributed by atoms with Gasteiger partial charge in [0, 0.05) is 12.5 Å². The second-order valence-corrected chi connectivity index (χ2v) is 8.09. The lowest BCUT2D eigenvalue weighted by atomic mass is 9.47. The molecule has 0 amide bonds. The smallest absolute Gasteiger partial charge is 0.328 e. The van der Waals surface area contributed by atoms with E-state index in [0.717, 1.165) is 25.3 Å². The number of fused-ring (bicyclic) bond motifs is 1. The predicted molar refractivity (Wildman–Crippen MR) is 92.5 cm³/mol. The maximum Gasteiger partial charge on any atom is 0.328 e. The van der Waals surface area contributed by atoms with Gasteiger partial charge < -0.3 is 5.11 Å². The Hall–Kier alpha value is -1.71. The number of rotatable bonds is 5. The van der Waals surface area contributed by atoms with E-state index in [0.29, 0.717) is 30.6 Å². The molecule has 4 heteroatoms. The highest BCUT2D eigenvalue weighted by atomic mass is 16.4. The van der Waals surface area contributed by atoms with Crippen LogP contribution in [-0.2, 0) is 14.4 Å². The summed E-state index contributed by atoms with van der Waals surface area (Å²) in [4.78, 5) is 34.2. The zero-order chi connectivity index (χ0) is 18.1. The van der Waals surface area contributed by atoms with Gasteiger partial charge >= 0.3 is 5.97 Å². The summed E-state index contributed by atoms with van der Waals surface area (Å²) in [6, 6.07) is 0. The highest BCUT2D eigenvalue weighted by Crippen LogP contribution is 2.61. The van der Waals surface area contributed by atoms with Gasteiger partial charge in [0.25, 0.3) is 0 Å². The van der Waals surface area contributed by atoms with Gasteiger partial charge in [0.05, 0.1) is 0 Å². The van der Waals surface area contributed by atoms with Gasteiger partial charge in [0.15, 0.2) is 5.78 Å². The first kappa shape index (κ1) is 18.6. The quantitative estimate of drug-likeness (QED) is 0.611. The average molecular weight is 332 g/mol. The standard InChI is InChI=1S/C20H28O4/c1-13-5-7-20(4)14(2)9-16(22)11-17(20)19(13,3)8-6-15(12-21)10-18(23)24/h9-10,12-13,17H,5-8,11H2,1-4H3,(H,23,24)/b15-10+/t13-,17-,19+,20+/m1/s1. The van der Waals surface area contributed by atoms with Crippen molar-refractivity contribution >= 4 is 18.0 Å². The maximum atomic E-state index is 12.2. The van der Waals surface area contributed by atoms with Crippen molar-refractivity contribution < 1.29 is 19.5 Å². The Morgan fingerprint density at radius 3 is 2.67 bits per heavy atom. The summed E-state index contributed by atoms with van der Waals surface area (Å²) in [5, 5.41) is 8.88. The van der Waals surface area contributed by atoms with Crippen molar-refractivity contribution in [3.05, 3.63) is 23.3 Å². The Kier molecular flexibility index (Phi) is 5.17. The zero-order valence-corrected chi connectivity index (χ0v) is 15.1. The lowest BCUT2D eigenvalue weighted by Gasteiger charge is -2.57. The summed E-state index contributed by atoms with van der Waals surface area (Å²) in [7, 11) is 0. The van der Waals surface area contributed by atoms with E-state index in [1.807, 2.05) is 0 Å². The molecule has 1 saturated carbocycles. The van der Waals surface area contributed by atoms with Crippen molar-refractivity contribution in [2.45, 2.75) is 59.8 Å². The first-order valence-electron chi connectivity index (χ1n) is 8.74. The minimum Gasteiger partial charge on any atom is -0.478 e. The minimum atomic E-state index is -1.09. The molecule has 0 heterocycles. The highest BCUT2D eigenvalue weighted by Gasteiger charge is 2.54. The molecule has 2 rings (SSSR count). The van der Waals surface area contributed by atoms with E-state index in [-0.39, 0.29) is 22.5 Å². The van der Waals surface area contributed by atoms with Gasteiger partial charge in [0.2, 0.25) is 0 Å². The third-order valence-corrected chi connectivity index (χ3v) is 6.88. The van der Waals surface area contributed by atoms with E-state index >= 15 is 0 Å². The van der Waals surface area contributed by atoms with Crippen molar-refractivity contribution in [1.82, 2.24) is 0 Å². The number of carbonyl (C=O) groups excluding carboxylic acids is 2. The number of ketones is 1. The molecule has 0 spiro atoms. The van der Waals surface area contributed by atoms with Crippen LogP contribution in [0.5, 0.6) is 0 Å². The molecule has 0 aromatic heterocycles. The third kappa shape index (κ3) is 3.24. The average Bonchev–Trinajstić information content (AvgIpc) is 2.50. The second-order valence-electron chi connectivity index (χ2n) is 8.09. The number of aldehydes is 1. The van der Waals surface area contributed by atoms with Gasteiger partial charge in [-0.15, -0.1) is 0 Å². The van der Waals surface area contributed by atoms with Crippen molar-refractivity contribution in [3.8, 4) is 0 Å². The highest BCUT2D eigenvalue weighted by molar-refractivity contribution is 5.92. The van der Waals surface area contributed by atoms with Crippen LogP contribution in [0.2, 0.25) is 0 Å². The molecule has 0 aliphatic heterocycles. The topological polar surface area (TPSA) is 71.4 Å². The van der Waals surface area contributed by atoms with E-state index < -0.39 is 5.97 Å². The van der Waals surface area contributed by atoms with Gasteiger partial charge in [-0.25, -0.2) is 4.79 Å². The monoisotopic (exact) mass is 332 g/mol. The third-order valence-electron chi connectivity index (χ3n) is 6.88. The molecule has 2 aliphatic carbocycles. The van der Waals surface area contributed by atoms with Crippen LogP contribution < -0.4 is 0 Å². The number of carboxylic acids is 1.